The third-order valence-corrected chi connectivity index (χ3v) is 4.59. The number of hydrogen-bond donors (Lipinski definition) is 2. The first-order chi connectivity index (χ1) is 12.2. The minimum atomic E-state index is -0.369. The Labute approximate surface area is 145 Å². The van der Waals surface area contributed by atoms with Gasteiger partial charge in [0.15, 0.2) is 0 Å². The van der Waals surface area contributed by atoms with E-state index >= 15 is 0 Å². The van der Waals surface area contributed by atoms with E-state index < -0.39 is 0 Å². The van der Waals surface area contributed by atoms with Gasteiger partial charge in [0.2, 0.25) is 0 Å². The molecule has 0 aliphatic carbocycles. The third kappa shape index (κ3) is 3.25. The monoisotopic (exact) mass is 336 g/mol. The second-order valence-corrected chi connectivity index (χ2v) is 6.32. The number of fused-ring (bicyclic) bond motifs is 1. The Morgan fingerprint density at radius 3 is 3.00 bits per heavy atom. The molecule has 0 aromatic carbocycles. The van der Waals surface area contributed by atoms with E-state index in [0.717, 1.165) is 41.4 Å². The second-order valence-electron chi connectivity index (χ2n) is 6.32. The van der Waals surface area contributed by atoms with E-state index in [1.807, 2.05) is 24.4 Å². The maximum atomic E-state index is 12.4. The summed E-state index contributed by atoms with van der Waals surface area (Å²) in [5, 5.41) is 3.96. The van der Waals surface area contributed by atoms with Crippen LogP contribution in [0.3, 0.4) is 0 Å². The molecule has 4 rings (SSSR count). The fourth-order valence-corrected chi connectivity index (χ4v) is 3.19. The van der Waals surface area contributed by atoms with Crippen molar-refractivity contribution >= 4 is 22.6 Å². The van der Waals surface area contributed by atoms with Crippen molar-refractivity contribution in [1.29, 1.82) is 0 Å². The van der Waals surface area contributed by atoms with Crippen molar-refractivity contribution in [3.8, 4) is 11.1 Å². The number of carbonyl (C=O) groups excluding carboxylic acids is 1. The summed E-state index contributed by atoms with van der Waals surface area (Å²) in [6.07, 6.45) is 9.55. The zero-order chi connectivity index (χ0) is 17.2. The molecule has 1 amide bonds. The zero-order valence-electron chi connectivity index (χ0n) is 14.0. The van der Waals surface area contributed by atoms with Crippen LogP contribution in [0.4, 0.5) is 5.69 Å². The van der Waals surface area contributed by atoms with Gasteiger partial charge in [-0.15, -0.1) is 0 Å². The van der Waals surface area contributed by atoms with Gasteiger partial charge < -0.3 is 15.0 Å². The van der Waals surface area contributed by atoms with Crippen LogP contribution < -0.4 is 5.32 Å². The zero-order valence-corrected chi connectivity index (χ0v) is 14.0. The molecule has 0 radical (unpaired) electrons. The van der Waals surface area contributed by atoms with Gasteiger partial charge >= 0.3 is 0 Å². The lowest BCUT2D eigenvalue weighted by Crippen LogP contribution is -2.28. The fraction of sp³-hybridized carbons (Fsp3) is 0.316. The Bertz CT molecular complexity index is 905. The van der Waals surface area contributed by atoms with Crippen LogP contribution in [0.25, 0.3) is 22.2 Å². The number of pyridine rings is 2. The number of nitrogens with one attached hydrogen (secondary N) is 2. The summed E-state index contributed by atoms with van der Waals surface area (Å²) in [5.74, 6) is -0.103. The summed E-state index contributed by atoms with van der Waals surface area (Å²) in [6.45, 7) is 2.08. The van der Waals surface area contributed by atoms with Gasteiger partial charge in [-0.2, -0.15) is 0 Å². The van der Waals surface area contributed by atoms with Crippen molar-refractivity contribution in [2.75, 3.05) is 5.32 Å². The minimum absolute atomic E-state index is 0.103. The smallest absolute Gasteiger partial charge is 0.253 e. The number of rotatable bonds is 4. The molecule has 1 fully saturated rings. The molecule has 0 spiro atoms. The lowest BCUT2D eigenvalue weighted by molar-refractivity contribution is -0.126. The Hall–Kier alpha value is -2.73. The molecule has 2 unspecified atom stereocenters. The van der Waals surface area contributed by atoms with E-state index in [2.05, 4.69) is 27.2 Å². The summed E-state index contributed by atoms with van der Waals surface area (Å²) in [5.41, 5.74) is 3.39. The van der Waals surface area contributed by atoms with E-state index in [0.29, 0.717) is 5.69 Å². The predicted octanol–water partition coefficient (Wildman–Crippen LogP) is 3.52. The third-order valence-electron chi connectivity index (χ3n) is 4.59. The minimum Gasteiger partial charge on any atom is -0.365 e. The average Bonchev–Trinajstić information content (AvgIpc) is 3.30. The number of carbonyl (C=O) groups is 1. The molecule has 3 aromatic heterocycles. The normalized spacial score (nSPS) is 20.0. The molecule has 6 nitrogen and oxygen atoms in total. The van der Waals surface area contributed by atoms with Crippen LogP contribution in [-0.2, 0) is 9.53 Å². The lowest BCUT2D eigenvalue weighted by atomic mass is 10.1. The maximum Gasteiger partial charge on any atom is 0.253 e. The molecular weight excluding hydrogens is 316 g/mol. The van der Waals surface area contributed by atoms with Crippen molar-refractivity contribution in [1.82, 2.24) is 15.0 Å². The van der Waals surface area contributed by atoms with Gasteiger partial charge in [-0.3, -0.25) is 9.78 Å². The first kappa shape index (κ1) is 15.8. The SMILES string of the molecule is CCC1CCC(C(=O)Nc2cncc(-c3cnc4[nH]ccc4c3)c2)O1. The number of nitrogens with zero attached hydrogens (tertiary/aromatic N) is 2. The van der Waals surface area contributed by atoms with Crippen LogP contribution in [0, 0.1) is 0 Å². The van der Waals surface area contributed by atoms with Gasteiger partial charge in [0.05, 0.1) is 18.0 Å². The molecule has 1 aliphatic heterocycles. The first-order valence-corrected chi connectivity index (χ1v) is 8.58. The number of amides is 1. The van der Waals surface area contributed by atoms with Crippen molar-refractivity contribution in [3.63, 3.8) is 0 Å². The van der Waals surface area contributed by atoms with Crippen LogP contribution in [0.15, 0.2) is 43.0 Å². The van der Waals surface area contributed by atoms with Gasteiger partial charge in [0, 0.05) is 35.1 Å². The average molecular weight is 336 g/mol. The summed E-state index contributed by atoms with van der Waals surface area (Å²) >= 11 is 0. The van der Waals surface area contributed by atoms with Crippen molar-refractivity contribution in [2.24, 2.45) is 0 Å². The molecule has 0 saturated carbocycles. The van der Waals surface area contributed by atoms with Crippen LogP contribution in [0.1, 0.15) is 26.2 Å². The van der Waals surface area contributed by atoms with E-state index in [4.69, 9.17) is 4.74 Å². The standard InChI is InChI=1S/C19H20N4O2/c1-2-16-3-4-17(25-16)19(24)23-15-8-14(9-20-11-15)13-7-12-5-6-21-18(12)22-10-13/h5-11,16-17H,2-4H2,1H3,(H,21,22)(H,23,24). The molecular formula is C19H20N4O2. The highest BCUT2D eigenvalue weighted by molar-refractivity contribution is 5.94. The molecule has 4 heterocycles. The Kier molecular flexibility index (Phi) is 4.19. The lowest BCUT2D eigenvalue weighted by Gasteiger charge is -2.13. The van der Waals surface area contributed by atoms with E-state index in [-0.39, 0.29) is 18.1 Å². The van der Waals surface area contributed by atoms with Crippen LogP contribution in [0.2, 0.25) is 0 Å². The highest BCUT2D eigenvalue weighted by Crippen LogP contribution is 2.26. The molecule has 1 saturated heterocycles. The van der Waals surface area contributed by atoms with Crippen LogP contribution in [-0.4, -0.2) is 33.1 Å². The summed E-state index contributed by atoms with van der Waals surface area (Å²) in [7, 11) is 0. The van der Waals surface area contributed by atoms with Gasteiger partial charge in [0.25, 0.3) is 5.91 Å². The number of aromatic nitrogens is 3. The van der Waals surface area contributed by atoms with Gasteiger partial charge in [-0.1, -0.05) is 6.92 Å². The van der Waals surface area contributed by atoms with E-state index in [1.165, 1.54) is 0 Å². The predicted molar refractivity (Wildman–Crippen MR) is 96.1 cm³/mol. The molecule has 6 heteroatoms. The second kappa shape index (κ2) is 6.64. The molecule has 1 aliphatic rings. The summed E-state index contributed by atoms with van der Waals surface area (Å²) < 4.78 is 5.75. The quantitative estimate of drug-likeness (QED) is 0.764. The number of anilines is 1. The largest absolute Gasteiger partial charge is 0.365 e. The number of ether oxygens (including phenoxy) is 1. The summed E-state index contributed by atoms with van der Waals surface area (Å²) in [6, 6.07) is 5.94. The maximum absolute atomic E-state index is 12.4. The Morgan fingerprint density at radius 2 is 2.16 bits per heavy atom. The number of H-pyrrole nitrogens is 1. The van der Waals surface area contributed by atoms with Crippen LogP contribution in [0.5, 0.6) is 0 Å². The first-order valence-electron chi connectivity index (χ1n) is 8.58. The van der Waals surface area contributed by atoms with Gasteiger partial charge in [-0.05, 0) is 37.5 Å². The molecule has 2 atom stereocenters. The van der Waals surface area contributed by atoms with Crippen molar-refractivity contribution in [3.05, 3.63) is 43.0 Å². The van der Waals surface area contributed by atoms with E-state index in [9.17, 15) is 4.79 Å². The molecule has 0 bridgehead atoms. The van der Waals surface area contributed by atoms with E-state index in [1.54, 1.807) is 18.6 Å². The topological polar surface area (TPSA) is 79.9 Å². The Balaban J connectivity index is 1.52. The Morgan fingerprint density at radius 1 is 1.28 bits per heavy atom. The molecule has 2 N–H and O–H groups in total. The van der Waals surface area contributed by atoms with Crippen LogP contribution >= 0.6 is 0 Å². The van der Waals surface area contributed by atoms with Gasteiger partial charge in [-0.25, -0.2) is 4.98 Å². The number of hydrogen-bond acceptors (Lipinski definition) is 4. The van der Waals surface area contributed by atoms with Crippen molar-refractivity contribution < 1.29 is 9.53 Å². The van der Waals surface area contributed by atoms with Crippen molar-refractivity contribution in [2.45, 2.75) is 38.4 Å². The molecule has 25 heavy (non-hydrogen) atoms. The molecule has 128 valence electrons. The molecule has 3 aromatic rings. The highest BCUT2D eigenvalue weighted by Gasteiger charge is 2.29. The van der Waals surface area contributed by atoms with Gasteiger partial charge in [0.1, 0.15) is 11.8 Å². The summed E-state index contributed by atoms with van der Waals surface area (Å²) in [4.78, 5) is 24.1. The number of aromatic amines is 1. The highest BCUT2D eigenvalue weighted by atomic mass is 16.5. The fourth-order valence-electron chi connectivity index (χ4n) is 3.19.